The fraction of sp³-hybridized carbons (Fsp3) is 0.600. The van der Waals surface area contributed by atoms with Crippen LogP contribution in [0, 0.1) is 0 Å². The third-order valence-electron chi connectivity index (χ3n) is 1.80. The highest BCUT2D eigenvalue weighted by Gasteiger charge is 2.12. The van der Waals surface area contributed by atoms with Gasteiger partial charge in [-0.15, -0.1) is 0 Å². The van der Waals surface area contributed by atoms with E-state index in [1.807, 2.05) is 0 Å². The van der Waals surface area contributed by atoms with Gasteiger partial charge < -0.3 is 9.47 Å². The van der Waals surface area contributed by atoms with Crippen molar-refractivity contribution in [1.29, 1.82) is 0 Å². The molecule has 1 heterocycles. The van der Waals surface area contributed by atoms with Crippen molar-refractivity contribution in [3.05, 3.63) is 11.6 Å². The van der Waals surface area contributed by atoms with Crippen LogP contribution in [-0.2, 0) is 31.9 Å². The molecule has 0 spiro atoms. The number of nitrogens with zero attached hydrogens (tertiary/aromatic N) is 2. The first-order valence-corrected chi connectivity index (χ1v) is 5.37. The van der Waals surface area contributed by atoms with Crippen LogP contribution >= 0.6 is 0 Å². The van der Waals surface area contributed by atoms with E-state index in [9.17, 15) is 9.59 Å². The summed E-state index contributed by atoms with van der Waals surface area (Å²) >= 11 is 0. The van der Waals surface area contributed by atoms with Crippen LogP contribution in [0.15, 0.2) is 0 Å². The van der Waals surface area contributed by atoms with Crippen molar-refractivity contribution in [3.63, 3.8) is 0 Å². The normalized spacial score (nSPS) is 10.0. The Bertz CT molecular complexity index is 354. The molecule has 0 aliphatic heterocycles. The highest BCUT2D eigenvalue weighted by atomic mass is 16.5. The number of aromatic nitrogens is 3. The Kier molecular flexibility index (Phi) is 5.12. The molecule has 0 fully saturated rings. The number of hydrogen-bond acceptors (Lipinski definition) is 6. The van der Waals surface area contributed by atoms with Crippen LogP contribution in [0.3, 0.4) is 0 Å². The van der Waals surface area contributed by atoms with Crippen molar-refractivity contribution >= 4 is 11.9 Å². The molecular formula is C10H15N3O4. The number of carbonyl (C=O) groups excluding carboxylic acids is 2. The van der Waals surface area contributed by atoms with E-state index in [0.29, 0.717) is 24.9 Å². The molecule has 0 aliphatic carbocycles. The number of H-pyrrole nitrogens is 1. The van der Waals surface area contributed by atoms with E-state index in [-0.39, 0.29) is 18.8 Å². The standard InChI is InChI=1S/C10H15N3O4/c1-3-16-9(14)5-7-11-8(13-12-7)6-10(15)17-4-2/h3-6H2,1-2H3,(H,11,12,13). The van der Waals surface area contributed by atoms with Crippen LogP contribution in [0.5, 0.6) is 0 Å². The molecule has 1 rings (SSSR count). The number of nitrogens with one attached hydrogen (secondary N) is 1. The average Bonchev–Trinajstić information content (AvgIpc) is 2.66. The molecule has 94 valence electrons. The third kappa shape index (κ3) is 4.62. The van der Waals surface area contributed by atoms with Crippen LogP contribution in [0.2, 0.25) is 0 Å². The van der Waals surface area contributed by atoms with Gasteiger partial charge in [-0.05, 0) is 13.8 Å². The van der Waals surface area contributed by atoms with Crippen molar-refractivity contribution in [3.8, 4) is 0 Å². The molecule has 0 aromatic carbocycles. The monoisotopic (exact) mass is 241 g/mol. The first-order chi connectivity index (χ1) is 8.15. The van der Waals surface area contributed by atoms with E-state index in [0.717, 1.165) is 0 Å². The maximum Gasteiger partial charge on any atom is 0.313 e. The Morgan fingerprint density at radius 3 is 2.29 bits per heavy atom. The van der Waals surface area contributed by atoms with E-state index in [2.05, 4.69) is 15.2 Å². The smallest absolute Gasteiger partial charge is 0.313 e. The van der Waals surface area contributed by atoms with Gasteiger partial charge in [-0.2, -0.15) is 5.10 Å². The number of esters is 2. The predicted octanol–water partition coefficient (Wildman–Crippen LogP) is 0.0159. The summed E-state index contributed by atoms with van der Waals surface area (Å²) < 4.78 is 9.51. The number of rotatable bonds is 6. The van der Waals surface area contributed by atoms with Gasteiger partial charge in [0, 0.05) is 0 Å². The van der Waals surface area contributed by atoms with Gasteiger partial charge in [-0.25, -0.2) is 4.98 Å². The van der Waals surface area contributed by atoms with Crippen molar-refractivity contribution in [1.82, 2.24) is 15.2 Å². The van der Waals surface area contributed by atoms with Crippen molar-refractivity contribution in [2.45, 2.75) is 26.7 Å². The molecule has 0 radical (unpaired) electrons. The maximum atomic E-state index is 11.1. The number of aromatic amines is 1. The summed E-state index contributed by atoms with van der Waals surface area (Å²) in [5.41, 5.74) is 0. The molecule has 0 atom stereocenters. The second-order valence-electron chi connectivity index (χ2n) is 3.16. The zero-order valence-electron chi connectivity index (χ0n) is 9.86. The topological polar surface area (TPSA) is 94.2 Å². The molecule has 0 saturated heterocycles. The maximum absolute atomic E-state index is 11.1. The highest BCUT2D eigenvalue weighted by Crippen LogP contribution is 1.98. The van der Waals surface area contributed by atoms with Crippen molar-refractivity contribution < 1.29 is 19.1 Å². The predicted molar refractivity (Wildman–Crippen MR) is 57.1 cm³/mol. The summed E-state index contributed by atoms with van der Waals surface area (Å²) in [6, 6.07) is 0. The molecule has 1 N–H and O–H groups in total. The van der Waals surface area contributed by atoms with Crippen molar-refractivity contribution in [2.24, 2.45) is 0 Å². The SMILES string of the molecule is CCOC(=O)Cc1n[nH]c(CC(=O)OCC)n1. The molecule has 7 nitrogen and oxygen atoms in total. The van der Waals surface area contributed by atoms with Gasteiger partial charge in [0.2, 0.25) is 0 Å². The lowest BCUT2D eigenvalue weighted by Crippen LogP contribution is -2.10. The summed E-state index contributed by atoms with van der Waals surface area (Å²) in [6.45, 7) is 4.09. The second-order valence-corrected chi connectivity index (χ2v) is 3.16. The lowest BCUT2D eigenvalue weighted by molar-refractivity contribution is -0.143. The number of ether oxygens (including phenoxy) is 2. The fourth-order valence-electron chi connectivity index (χ4n) is 1.18. The van der Waals surface area contributed by atoms with Gasteiger partial charge in [-0.1, -0.05) is 0 Å². The summed E-state index contributed by atoms with van der Waals surface area (Å²) in [7, 11) is 0. The lowest BCUT2D eigenvalue weighted by Gasteiger charge is -1.98. The van der Waals surface area contributed by atoms with Crippen molar-refractivity contribution in [2.75, 3.05) is 13.2 Å². The first-order valence-electron chi connectivity index (χ1n) is 5.37. The fourth-order valence-corrected chi connectivity index (χ4v) is 1.18. The zero-order valence-corrected chi connectivity index (χ0v) is 9.86. The van der Waals surface area contributed by atoms with Crippen LogP contribution in [0.25, 0.3) is 0 Å². The molecule has 0 amide bonds. The molecule has 1 aromatic heterocycles. The summed E-state index contributed by atoms with van der Waals surface area (Å²) in [5, 5.41) is 6.38. The van der Waals surface area contributed by atoms with Gasteiger partial charge in [0.25, 0.3) is 0 Å². The van der Waals surface area contributed by atoms with E-state index < -0.39 is 5.97 Å². The Morgan fingerprint density at radius 2 is 1.71 bits per heavy atom. The van der Waals surface area contributed by atoms with E-state index in [1.54, 1.807) is 13.8 Å². The Balaban J connectivity index is 2.47. The minimum absolute atomic E-state index is 0.00678. The van der Waals surface area contributed by atoms with Gasteiger partial charge in [0.1, 0.15) is 18.7 Å². The quantitative estimate of drug-likeness (QED) is 0.705. The minimum Gasteiger partial charge on any atom is -0.466 e. The van der Waals surface area contributed by atoms with E-state index >= 15 is 0 Å². The molecule has 0 bridgehead atoms. The molecule has 7 heteroatoms. The van der Waals surface area contributed by atoms with Gasteiger partial charge >= 0.3 is 11.9 Å². The molecule has 0 aliphatic rings. The molecule has 17 heavy (non-hydrogen) atoms. The Hall–Kier alpha value is -1.92. The third-order valence-corrected chi connectivity index (χ3v) is 1.80. The molecule has 0 unspecified atom stereocenters. The van der Waals surface area contributed by atoms with Crippen LogP contribution in [-0.4, -0.2) is 40.3 Å². The Labute approximate surface area is 98.5 Å². The van der Waals surface area contributed by atoms with Crippen LogP contribution in [0.1, 0.15) is 25.5 Å². The van der Waals surface area contributed by atoms with Crippen LogP contribution in [0.4, 0.5) is 0 Å². The summed E-state index contributed by atoms with van der Waals surface area (Å²) in [6.07, 6.45) is 0.0107. The largest absolute Gasteiger partial charge is 0.466 e. The number of hydrogen-bond donors (Lipinski definition) is 1. The van der Waals surface area contributed by atoms with Crippen LogP contribution < -0.4 is 0 Å². The zero-order chi connectivity index (χ0) is 12.7. The van der Waals surface area contributed by atoms with Gasteiger partial charge in [0.15, 0.2) is 5.82 Å². The molecule has 0 saturated carbocycles. The summed E-state index contributed by atoms with van der Waals surface area (Å²) in [5.74, 6) is -0.0917. The van der Waals surface area contributed by atoms with Gasteiger partial charge in [0.05, 0.1) is 13.2 Å². The Morgan fingerprint density at radius 1 is 1.12 bits per heavy atom. The highest BCUT2D eigenvalue weighted by molar-refractivity contribution is 5.72. The number of carbonyl (C=O) groups is 2. The van der Waals surface area contributed by atoms with Gasteiger partial charge in [-0.3, -0.25) is 14.7 Å². The second kappa shape index (κ2) is 6.62. The molecule has 1 aromatic rings. The van der Waals surface area contributed by atoms with E-state index in [4.69, 9.17) is 9.47 Å². The lowest BCUT2D eigenvalue weighted by atomic mass is 10.4. The first kappa shape index (κ1) is 13.1. The van der Waals surface area contributed by atoms with E-state index in [1.165, 1.54) is 0 Å². The molecular weight excluding hydrogens is 226 g/mol. The summed E-state index contributed by atoms with van der Waals surface area (Å²) in [4.78, 5) is 26.3. The minimum atomic E-state index is -0.394. The average molecular weight is 241 g/mol.